The first-order chi connectivity index (χ1) is 12.3. The van der Waals surface area contributed by atoms with Gasteiger partial charge >= 0.3 is 0 Å². The molecule has 1 aromatic carbocycles. The van der Waals surface area contributed by atoms with Gasteiger partial charge in [-0.2, -0.15) is 0 Å². The van der Waals surface area contributed by atoms with Crippen molar-refractivity contribution in [3.05, 3.63) is 63.1 Å². The molecule has 8 nitrogen and oxygen atoms in total. The molecule has 10 heteroatoms. The molecule has 1 aliphatic rings. The summed E-state index contributed by atoms with van der Waals surface area (Å²) in [6.07, 6.45) is 1.76. The standard InChI is InChI=1S/C16H15ClN2O6S/c17-14-4-3-11(8-15(14)19(21)22)16(20)18(9-13-2-1-6-25-13)12-5-7-26(23,24)10-12/h1-4,6,8,12H,5,7,9-10H2/t12-/m1/s1. The number of nitrogens with zero attached hydrogens (tertiary/aromatic N) is 2. The van der Waals surface area contributed by atoms with Crippen LogP contribution in [0.25, 0.3) is 0 Å². The fourth-order valence-corrected chi connectivity index (χ4v) is 4.83. The third-order valence-electron chi connectivity index (χ3n) is 4.21. The minimum Gasteiger partial charge on any atom is -0.467 e. The molecular formula is C16H15ClN2O6S. The van der Waals surface area contributed by atoms with Crippen molar-refractivity contribution in [3.8, 4) is 0 Å². The van der Waals surface area contributed by atoms with Gasteiger partial charge in [0, 0.05) is 17.7 Å². The smallest absolute Gasteiger partial charge is 0.288 e. The second-order valence-corrected chi connectivity index (χ2v) is 8.63. The van der Waals surface area contributed by atoms with Crippen LogP contribution in [-0.2, 0) is 16.4 Å². The first kappa shape index (κ1) is 18.4. The highest BCUT2D eigenvalue weighted by molar-refractivity contribution is 7.91. The molecule has 1 atom stereocenters. The van der Waals surface area contributed by atoms with Gasteiger partial charge in [-0.05, 0) is 30.7 Å². The Labute approximate surface area is 154 Å². The lowest BCUT2D eigenvalue weighted by Crippen LogP contribution is -2.40. The number of halogens is 1. The van der Waals surface area contributed by atoms with Gasteiger partial charge in [0.1, 0.15) is 10.8 Å². The van der Waals surface area contributed by atoms with E-state index in [0.717, 1.165) is 6.07 Å². The van der Waals surface area contributed by atoms with Crippen LogP contribution in [-0.4, -0.2) is 41.7 Å². The molecule has 3 rings (SSSR count). The van der Waals surface area contributed by atoms with Gasteiger partial charge in [-0.15, -0.1) is 0 Å². The Kier molecular flexibility index (Phi) is 5.01. The molecule has 0 unspecified atom stereocenters. The Balaban J connectivity index is 1.94. The minimum atomic E-state index is -3.22. The average Bonchev–Trinajstić information content (AvgIpc) is 3.21. The Bertz CT molecular complexity index is 942. The van der Waals surface area contributed by atoms with Crippen molar-refractivity contribution in [1.29, 1.82) is 0 Å². The largest absolute Gasteiger partial charge is 0.467 e. The number of furan rings is 1. The Hall–Kier alpha value is -2.39. The van der Waals surface area contributed by atoms with Crippen LogP contribution in [0.15, 0.2) is 41.0 Å². The minimum absolute atomic E-state index is 0.000364. The Morgan fingerprint density at radius 2 is 2.15 bits per heavy atom. The van der Waals surface area contributed by atoms with E-state index < -0.39 is 26.7 Å². The van der Waals surface area contributed by atoms with E-state index in [2.05, 4.69) is 0 Å². The number of carbonyl (C=O) groups is 1. The van der Waals surface area contributed by atoms with Crippen molar-refractivity contribution in [2.24, 2.45) is 0 Å². The number of benzene rings is 1. The average molecular weight is 399 g/mol. The fourth-order valence-electron chi connectivity index (χ4n) is 2.91. The van der Waals surface area contributed by atoms with Crippen LogP contribution in [0, 0.1) is 10.1 Å². The summed E-state index contributed by atoms with van der Waals surface area (Å²) < 4.78 is 28.9. The number of sulfone groups is 1. The van der Waals surface area contributed by atoms with Gasteiger partial charge in [0.2, 0.25) is 0 Å². The van der Waals surface area contributed by atoms with Gasteiger partial charge in [-0.3, -0.25) is 14.9 Å². The number of amides is 1. The quantitative estimate of drug-likeness (QED) is 0.565. The molecule has 0 saturated carbocycles. The molecule has 26 heavy (non-hydrogen) atoms. The van der Waals surface area contributed by atoms with Crippen molar-refractivity contribution < 1.29 is 22.6 Å². The van der Waals surface area contributed by atoms with Crippen LogP contribution in [0.3, 0.4) is 0 Å². The van der Waals surface area contributed by atoms with Crippen LogP contribution in [0.5, 0.6) is 0 Å². The highest BCUT2D eigenvalue weighted by Gasteiger charge is 2.36. The molecule has 2 aromatic rings. The van der Waals surface area contributed by atoms with Crippen LogP contribution >= 0.6 is 11.6 Å². The molecule has 1 amide bonds. The van der Waals surface area contributed by atoms with Gasteiger partial charge in [0.25, 0.3) is 11.6 Å². The third kappa shape index (κ3) is 3.88. The first-order valence-corrected chi connectivity index (χ1v) is 9.94. The summed E-state index contributed by atoms with van der Waals surface area (Å²) in [6.45, 7) is 0.0719. The molecule has 1 aliphatic heterocycles. The maximum atomic E-state index is 13.0. The van der Waals surface area contributed by atoms with E-state index in [-0.39, 0.29) is 34.3 Å². The van der Waals surface area contributed by atoms with Crippen LogP contribution < -0.4 is 0 Å². The van der Waals surface area contributed by atoms with E-state index in [1.807, 2.05) is 0 Å². The predicted octanol–water partition coefficient (Wildman–Crippen LogP) is 2.67. The van der Waals surface area contributed by atoms with Gasteiger partial charge in [-0.25, -0.2) is 8.42 Å². The van der Waals surface area contributed by atoms with Gasteiger partial charge < -0.3 is 9.32 Å². The van der Waals surface area contributed by atoms with Crippen molar-refractivity contribution >= 4 is 33.0 Å². The number of hydrogen-bond acceptors (Lipinski definition) is 6. The normalized spacial score (nSPS) is 18.6. The summed E-state index contributed by atoms with van der Waals surface area (Å²) in [6, 6.07) is 6.58. The molecule has 0 N–H and O–H groups in total. The van der Waals surface area contributed by atoms with E-state index in [1.165, 1.54) is 23.3 Å². The molecule has 2 heterocycles. The highest BCUT2D eigenvalue weighted by Crippen LogP contribution is 2.28. The molecule has 0 bridgehead atoms. The third-order valence-corrected chi connectivity index (χ3v) is 6.28. The SMILES string of the molecule is O=C(c1ccc(Cl)c([N+](=O)[O-])c1)N(Cc1ccco1)[C@@H]1CCS(=O)(=O)C1. The monoisotopic (exact) mass is 398 g/mol. The van der Waals surface area contributed by atoms with E-state index in [9.17, 15) is 23.3 Å². The van der Waals surface area contributed by atoms with Crippen molar-refractivity contribution in [3.63, 3.8) is 0 Å². The first-order valence-electron chi connectivity index (χ1n) is 7.74. The molecule has 1 fully saturated rings. The summed E-state index contributed by atoms with van der Waals surface area (Å²) in [4.78, 5) is 24.8. The summed E-state index contributed by atoms with van der Waals surface area (Å²) in [5, 5.41) is 11.0. The second kappa shape index (κ2) is 7.08. The number of carbonyl (C=O) groups excluding carboxylic acids is 1. The predicted molar refractivity (Wildman–Crippen MR) is 93.7 cm³/mol. The summed E-state index contributed by atoms with van der Waals surface area (Å²) in [5.74, 6) is -0.162. The van der Waals surface area contributed by atoms with E-state index in [1.54, 1.807) is 12.1 Å². The summed E-state index contributed by atoms with van der Waals surface area (Å²) >= 11 is 5.79. The maximum Gasteiger partial charge on any atom is 0.288 e. The van der Waals surface area contributed by atoms with Gasteiger partial charge in [-0.1, -0.05) is 11.6 Å². The Morgan fingerprint density at radius 1 is 1.38 bits per heavy atom. The lowest BCUT2D eigenvalue weighted by Gasteiger charge is -2.27. The molecular weight excluding hydrogens is 384 g/mol. The maximum absolute atomic E-state index is 13.0. The fraction of sp³-hybridized carbons (Fsp3) is 0.312. The lowest BCUT2D eigenvalue weighted by molar-refractivity contribution is -0.384. The van der Waals surface area contributed by atoms with E-state index in [0.29, 0.717) is 12.2 Å². The Morgan fingerprint density at radius 3 is 2.73 bits per heavy atom. The molecule has 1 saturated heterocycles. The van der Waals surface area contributed by atoms with Crippen LogP contribution in [0.1, 0.15) is 22.5 Å². The van der Waals surface area contributed by atoms with Crippen LogP contribution in [0.2, 0.25) is 5.02 Å². The number of nitro benzene ring substituents is 1. The van der Waals surface area contributed by atoms with Gasteiger partial charge in [0.05, 0.1) is 29.2 Å². The zero-order chi connectivity index (χ0) is 18.9. The molecule has 0 spiro atoms. The zero-order valence-electron chi connectivity index (χ0n) is 13.5. The lowest BCUT2D eigenvalue weighted by atomic mass is 10.1. The molecule has 0 aliphatic carbocycles. The number of hydrogen-bond donors (Lipinski definition) is 0. The molecule has 138 valence electrons. The van der Waals surface area contributed by atoms with Crippen molar-refractivity contribution in [2.45, 2.75) is 19.0 Å². The number of nitro groups is 1. The second-order valence-electron chi connectivity index (χ2n) is 5.99. The number of rotatable bonds is 5. The topological polar surface area (TPSA) is 111 Å². The molecule has 1 aromatic heterocycles. The molecule has 0 radical (unpaired) electrons. The van der Waals surface area contributed by atoms with Crippen molar-refractivity contribution in [1.82, 2.24) is 4.90 Å². The highest BCUT2D eigenvalue weighted by atomic mass is 35.5. The van der Waals surface area contributed by atoms with E-state index in [4.69, 9.17) is 16.0 Å². The van der Waals surface area contributed by atoms with Gasteiger partial charge in [0.15, 0.2) is 9.84 Å². The van der Waals surface area contributed by atoms with Crippen molar-refractivity contribution in [2.75, 3.05) is 11.5 Å². The zero-order valence-corrected chi connectivity index (χ0v) is 15.1. The summed E-state index contributed by atoms with van der Waals surface area (Å²) in [7, 11) is -3.22. The van der Waals surface area contributed by atoms with Crippen LogP contribution in [0.4, 0.5) is 5.69 Å². The summed E-state index contributed by atoms with van der Waals surface area (Å²) in [5.41, 5.74) is -0.313. The van der Waals surface area contributed by atoms with E-state index >= 15 is 0 Å².